The van der Waals surface area contributed by atoms with Crippen LogP contribution in [0.4, 0.5) is 0 Å². The fraction of sp³-hybridized carbons (Fsp3) is 0.188. The zero-order chi connectivity index (χ0) is 15.0. The maximum Gasteiger partial charge on any atom is 0.338 e. The van der Waals surface area contributed by atoms with Gasteiger partial charge in [-0.15, -0.1) is 0 Å². The second-order valence-electron chi connectivity index (χ2n) is 4.77. The third-order valence-electron chi connectivity index (χ3n) is 3.58. The molecule has 108 valence electrons. The average molecular weight is 323 g/mol. The molecule has 0 radical (unpaired) electrons. The minimum absolute atomic E-state index is 0.403. The van der Waals surface area contributed by atoms with E-state index < -0.39 is 17.7 Å². The molecular weight excluding hydrogens is 311 g/mol. The van der Waals surface area contributed by atoms with Gasteiger partial charge in [-0.05, 0) is 35.4 Å². The fourth-order valence-corrected chi connectivity index (χ4v) is 2.73. The van der Waals surface area contributed by atoms with Crippen molar-refractivity contribution in [2.45, 2.75) is 11.7 Å². The molecule has 0 bridgehead atoms. The van der Waals surface area contributed by atoms with Crippen LogP contribution in [0.3, 0.4) is 0 Å². The van der Waals surface area contributed by atoms with Crippen molar-refractivity contribution in [2.24, 2.45) is 0 Å². The van der Waals surface area contributed by atoms with Crippen LogP contribution in [0.5, 0.6) is 0 Å². The molecule has 1 heterocycles. The summed E-state index contributed by atoms with van der Waals surface area (Å²) in [5.41, 5.74) is 0.872. The first kappa shape index (κ1) is 14.4. The summed E-state index contributed by atoms with van der Waals surface area (Å²) in [5, 5.41) is 1.25. The van der Waals surface area contributed by atoms with Crippen LogP contribution in [0.15, 0.2) is 48.5 Å². The van der Waals surface area contributed by atoms with Gasteiger partial charge in [0.15, 0.2) is 11.7 Å². The molecule has 0 aromatic heterocycles. The zero-order valence-corrected chi connectivity index (χ0v) is 12.7. The molecule has 0 spiro atoms. The fourth-order valence-electron chi connectivity index (χ4n) is 2.47. The molecule has 0 aliphatic carbocycles. The smallest absolute Gasteiger partial charge is 0.338 e. The quantitative estimate of drug-likeness (QED) is 0.637. The van der Waals surface area contributed by atoms with Crippen molar-refractivity contribution in [1.29, 1.82) is 0 Å². The van der Waals surface area contributed by atoms with Crippen molar-refractivity contribution >= 4 is 29.2 Å². The maximum atomic E-state index is 11.9. The Bertz CT molecular complexity index is 619. The monoisotopic (exact) mass is 322 g/mol. The van der Waals surface area contributed by atoms with E-state index in [-0.39, 0.29) is 0 Å². The lowest BCUT2D eigenvalue weighted by atomic mass is 9.88. The van der Waals surface area contributed by atoms with E-state index >= 15 is 0 Å². The zero-order valence-electron chi connectivity index (χ0n) is 11.2. The standard InChI is InChI=1S/C16H12Cl2O3/c1-20-15(19)14-16(21-14,10-2-6-12(17)7-3-10)11-4-8-13(18)9-5-11/h2-9,14H,1H3. The molecule has 1 aliphatic heterocycles. The van der Waals surface area contributed by atoms with Crippen LogP contribution in [-0.4, -0.2) is 19.2 Å². The van der Waals surface area contributed by atoms with E-state index in [9.17, 15) is 4.79 Å². The van der Waals surface area contributed by atoms with Gasteiger partial charge in [0, 0.05) is 10.0 Å². The summed E-state index contributed by atoms with van der Waals surface area (Å²) < 4.78 is 10.6. The Morgan fingerprint density at radius 1 is 1.00 bits per heavy atom. The second kappa shape index (κ2) is 5.34. The number of hydrogen-bond donors (Lipinski definition) is 0. The number of rotatable bonds is 3. The van der Waals surface area contributed by atoms with E-state index in [0.29, 0.717) is 10.0 Å². The largest absolute Gasteiger partial charge is 0.467 e. The highest BCUT2D eigenvalue weighted by Gasteiger charge is 2.63. The summed E-state index contributed by atoms with van der Waals surface area (Å²) >= 11 is 11.9. The first-order valence-corrected chi connectivity index (χ1v) is 7.11. The predicted octanol–water partition coefficient (Wildman–Crippen LogP) is 3.81. The first-order valence-electron chi connectivity index (χ1n) is 6.35. The number of ether oxygens (including phenoxy) is 2. The minimum atomic E-state index is -0.831. The lowest BCUT2D eigenvalue weighted by molar-refractivity contribution is -0.142. The Balaban J connectivity index is 2.07. The van der Waals surface area contributed by atoms with E-state index in [1.54, 1.807) is 24.3 Å². The van der Waals surface area contributed by atoms with Gasteiger partial charge < -0.3 is 9.47 Å². The molecule has 3 nitrogen and oxygen atoms in total. The average Bonchev–Trinajstić information content (AvgIpc) is 3.24. The van der Waals surface area contributed by atoms with Crippen molar-refractivity contribution in [3.8, 4) is 0 Å². The number of carbonyl (C=O) groups excluding carboxylic acids is 1. The van der Waals surface area contributed by atoms with Gasteiger partial charge >= 0.3 is 5.97 Å². The summed E-state index contributed by atoms with van der Waals surface area (Å²) in [5.74, 6) is -0.403. The van der Waals surface area contributed by atoms with Crippen molar-refractivity contribution in [3.63, 3.8) is 0 Å². The van der Waals surface area contributed by atoms with Crippen molar-refractivity contribution < 1.29 is 14.3 Å². The van der Waals surface area contributed by atoms with Crippen LogP contribution in [0, 0.1) is 0 Å². The summed E-state index contributed by atoms with van der Waals surface area (Å²) in [6.07, 6.45) is -0.662. The van der Waals surface area contributed by atoms with Crippen LogP contribution >= 0.6 is 23.2 Å². The van der Waals surface area contributed by atoms with Gasteiger partial charge in [-0.25, -0.2) is 4.79 Å². The number of epoxide rings is 1. The molecule has 1 atom stereocenters. The number of benzene rings is 2. The molecule has 0 N–H and O–H groups in total. The molecule has 2 aromatic carbocycles. The molecule has 2 aromatic rings. The SMILES string of the molecule is COC(=O)C1OC1(c1ccc(Cl)cc1)c1ccc(Cl)cc1. The lowest BCUT2D eigenvalue weighted by Crippen LogP contribution is -2.21. The van der Waals surface area contributed by atoms with Crippen LogP contribution in [0.1, 0.15) is 11.1 Å². The van der Waals surface area contributed by atoms with Crippen molar-refractivity contribution in [3.05, 3.63) is 69.7 Å². The first-order chi connectivity index (χ1) is 10.1. The van der Waals surface area contributed by atoms with E-state index in [1.807, 2.05) is 24.3 Å². The molecular formula is C16H12Cl2O3. The topological polar surface area (TPSA) is 38.8 Å². The molecule has 3 rings (SSSR count). The van der Waals surface area contributed by atoms with Gasteiger partial charge in [0.2, 0.25) is 0 Å². The van der Waals surface area contributed by atoms with Crippen molar-refractivity contribution in [2.75, 3.05) is 7.11 Å². The van der Waals surface area contributed by atoms with E-state index in [4.69, 9.17) is 32.7 Å². The Labute approximate surface area is 132 Å². The van der Waals surface area contributed by atoms with Gasteiger partial charge in [-0.2, -0.15) is 0 Å². The van der Waals surface area contributed by atoms with E-state index in [2.05, 4.69) is 0 Å². The van der Waals surface area contributed by atoms with Gasteiger partial charge in [0.1, 0.15) is 0 Å². The highest BCUT2D eigenvalue weighted by Crippen LogP contribution is 2.52. The Morgan fingerprint density at radius 3 is 1.81 bits per heavy atom. The summed E-state index contributed by atoms with van der Waals surface area (Å²) in [7, 11) is 1.35. The molecule has 0 saturated carbocycles. The van der Waals surface area contributed by atoms with Crippen LogP contribution in [0.2, 0.25) is 10.0 Å². The maximum absolute atomic E-state index is 11.9. The Kier molecular flexibility index (Phi) is 3.66. The van der Waals surface area contributed by atoms with Gasteiger partial charge in [-0.3, -0.25) is 0 Å². The molecule has 1 unspecified atom stereocenters. The molecule has 1 aliphatic rings. The number of halogens is 2. The molecule has 1 fully saturated rings. The number of methoxy groups -OCH3 is 1. The Hall–Kier alpha value is -1.55. The molecule has 1 saturated heterocycles. The van der Waals surface area contributed by atoms with Gasteiger partial charge in [0.05, 0.1) is 7.11 Å². The molecule has 5 heteroatoms. The summed E-state index contributed by atoms with van der Waals surface area (Å²) in [6, 6.07) is 14.5. The predicted molar refractivity (Wildman–Crippen MR) is 80.6 cm³/mol. The van der Waals surface area contributed by atoms with Crippen molar-refractivity contribution in [1.82, 2.24) is 0 Å². The number of hydrogen-bond acceptors (Lipinski definition) is 3. The number of carbonyl (C=O) groups is 1. The normalized spacial score (nSPS) is 19.1. The Morgan fingerprint density at radius 2 is 1.43 bits per heavy atom. The van der Waals surface area contributed by atoms with Gasteiger partial charge in [-0.1, -0.05) is 47.5 Å². The van der Waals surface area contributed by atoms with Crippen LogP contribution < -0.4 is 0 Å². The van der Waals surface area contributed by atoms with Crippen LogP contribution in [-0.2, 0) is 19.9 Å². The van der Waals surface area contributed by atoms with Crippen LogP contribution in [0.25, 0.3) is 0 Å². The third kappa shape index (κ3) is 2.42. The second-order valence-corrected chi connectivity index (χ2v) is 5.64. The summed E-state index contributed by atoms with van der Waals surface area (Å²) in [6.45, 7) is 0. The minimum Gasteiger partial charge on any atom is -0.467 e. The highest BCUT2D eigenvalue weighted by molar-refractivity contribution is 6.30. The molecule has 0 amide bonds. The van der Waals surface area contributed by atoms with E-state index in [0.717, 1.165) is 11.1 Å². The van der Waals surface area contributed by atoms with Gasteiger partial charge in [0.25, 0.3) is 0 Å². The molecule has 21 heavy (non-hydrogen) atoms. The number of esters is 1. The lowest BCUT2D eigenvalue weighted by Gasteiger charge is -2.14. The highest BCUT2D eigenvalue weighted by atomic mass is 35.5. The van der Waals surface area contributed by atoms with E-state index in [1.165, 1.54) is 7.11 Å². The third-order valence-corrected chi connectivity index (χ3v) is 4.08. The summed E-state index contributed by atoms with van der Waals surface area (Å²) in [4.78, 5) is 11.9.